The third kappa shape index (κ3) is 4.07. The van der Waals surface area contributed by atoms with Crippen LogP contribution in [0, 0.1) is 0 Å². The van der Waals surface area contributed by atoms with Crippen molar-refractivity contribution in [2.75, 3.05) is 17.2 Å². The number of thioether (sulfide) groups is 1. The maximum absolute atomic E-state index is 11.9. The predicted octanol–water partition coefficient (Wildman–Crippen LogP) is 3.23. The van der Waals surface area contributed by atoms with Gasteiger partial charge in [0.1, 0.15) is 0 Å². The van der Waals surface area contributed by atoms with Gasteiger partial charge in [-0.1, -0.05) is 11.6 Å². The van der Waals surface area contributed by atoms with Crippen LogP contribution in [0.5, 0.6) is 0 Å². The average Bonchev–Trinajstić information content (AvgIpc) is 2.19. The molecule has 0 spiro atoms. The molecular formula is C12H18ClNO2S2. The fourth-order valence-corrected chi connectivity index (χ4v) is 3.83. The molecule has 2 N–H and O–H groups in total. The smallest absolute Gasteiger partial charge is 0.156 e. The van der Waals surface area contributed by atoms with E-state index in [1.165, 1.54) is 11.8 Å². The largest absolute Gasteiger partial charge is 0.398 e. The second kappa shape index (κ2) is 5.72. The zero-order valence-corrected chi connectivity index (χ0v) is 13.1. The Bertz CT molecular complexity index is 521. The van der Waals surface area contributed by atoms with Gasteiger partial charge in [0, 0.05) is 21.4 Å². The molecular weight excluding hydrogens is 290 g/mol. The van der Waals surface area contributed by atoms with Gasteiger partial charge in [-0.05, 0) is 39.0 Å². The van der Waals surface area contributed by atoms with Gasteiger partial charge in [-0.25, -0.2) is 8.42 Å². The molecule has 0 aliphatic heterocycles. The lowest BCUT2D eigenvalue weighted by Gasteiger charge is -2.18. The average molecular weight is 308 g/mol. The third-order valence-electron chi connectivity index (χ3n) is 2.51. The van der Waals surface area contributed by atoms with E-state index in [0.717, 1.165) is 4.90 Å². The first-order valence-corrected chi connectivity index (χ1v) is 8.55. The minimum Gasteiger partial charge on any atom is -0.398 e. The number of nitrogen functional groups attached to an aromatic ring is 1. The van der Waals surface area contributed by atoms with Crippen molar-refractivity contribution in [3.8, 4) is 0 Å². The second-order valence-corrected chi connectivity index (χ2v) is 9.40. The Balaban J connectivity index is 2.63. The van der Waals surface area contributed by atoms with Crippen LogP contribution in [-0.2, 0) is 9.84 Å². The molecule has 0 aromatic heterocycles. The maximum atomic E-state index is 11.9. The first kappa shape index (κ1) is 15.7. The molecule has 6 heteroatoms. The Morgan fingerprint density at radius 1 is 1.33 bits per heavy atom. The zero-order chi connectivity index (χ0) is 14.0. The number of nitrogens with two attached hydrogens (primary N) is 1. The zero-order valence-electron chi connectivity index (χ0n) is 10.7. The topological polar surface area (TPSA) is 60.2 Å². The first-order valence-electron chi connectivity index (χ1n) is 5.53. The SMILES string of the molecule is CC(C)(C)S(=O)(=O)CCSc1ccc(Cl)cc1N. The molecule has 102 valence electrons. The fraction of sp³-hybridized carbons (Fsp3) is 0.500. The van der Waals surface area contributed by atoms with Gasteiger partial charge in [-0.3, -0.25) is 0 Å². The van der Waals surface area contributed by atoms with E-state index in [2.05, 4.69) is 0 Å². The van der Waals surface area contributed by atoms with Gasteiger partial charge in [0.25, 0.3) is 0 Å². The van der Waals surface area contributed by atoms with Gasteiger partial charge in [0.2, 0.25) is 0 Å². The van der Waals surface area contributed by atoms with Crippen molar-refractivity contribution in [1.82, 2.24) is 0 Å². The number of hydrogen-bond acceptors (Lipinski definition) is 4. The van der Waals surface area contributed by atoms with Crippen LogP contribution in [0.25, 0.3) is 0 Å². The van der Waals surface area contributed by atoms with Crippen LogP contribution in [0.3, 0.4) is 0 Å². The number of hydrogen-bond donors (Lipinski definition) is 1. The standard InChI is InChI=1S/C12H18ClNO2S2/c1-12(2,3)18(15,16)7-6-17-11-5-4-9(13)8-10(11)14/h4-5,8H,6-7,14H2,1-3H3. The highest BCUT2D eigenvalue weighted by molar-refractivity contribution is 8.01. The molecule has 1 aromatic carbocycles. The molecule has 0 atom stereocenters. The molecule has 0 amide bonds. The molecule has 0 heterocycles. The lowest BCUT2D eigenvalue weighted by atomic mass is 10.3. The van der Waals surface area contributed by atoms with Gasteiger partial charge in [-0.15, -0.1) is 11.8 Å². The maximum Gasteiger partial charge on any atom is 0.156 e. The summed E-state index contributed by atoms with van der Waals surface area (Å²) in [6.45, 7) is 5.14. The van der Waals surface area contributed by atoms with E-state index in [9.17, 15) is 8.42 Å². The molecule has 0 aliphatic rings. The van der Waals surface area contributed by atoms with E-state index in [4.69, 9.17) is 17.3 Å². The van der Waals surface area contributed by atoms with Gasteiger partial charge < -0.3 is 5.73 Å². The monoisotopic (exact) mass is 307 g/mol. The number of anilines is 1. The molecule has 0 radical (unpaired) electrons. The van der Waals surface area contributed by atoms with Crippen LogP contribution < -0.4 is 5.73 Å². The number of benzene rings is 1. The summed E-state index contributed by atoms with van der Waals surface area (Å²) in [5, 5.41) is 0.583. The quantitative estimate of drug-likeness (QED) is 0.685. The summed E-state index contributed by atoms with van der Waals surface area (Å²) in [5.74, 6) is 0.634. The highest BCUT2D eigenvalue weighted by Crippen LogP contribution is 2.28. The van der Waals surface area contributed by atoms with E-state index in [1.807, 2.05) is 6.07 Å². The molecule has 0 aliphatic carbocycles. The van der Waals surface area contributed by atoms with Crippen molar-refractivity contribution >= 4 is 38.9 Å². The molecule has 0 bridgehead atoms. The normalized spacial score (nSPS) is 12.7. The summed E-state index contributed by atoms with van der Waals surface area (Å²) >= 11 is 7.23. The summed E-state index contributed by atoms with van der Waals surface area (Å²) in [6, 6.07) is 5.23. The van der Waals surface area contributed by atoms with Crippen molar-refractivity contribution in [3.05, 3.63) is 23.2 Å². The molecule has 0 fully saturated rings. The summed E-state index contributed by atoms with van der Waals surface area (Å²) in [4.78, 5) is 0.864. The molecule has 0 unspecified atom stereocenters. The van der Waals surface area contributed by atoms with Crippen molar-refractivity contribution in [2.24, 2.45) is 0 Å². The van der Waals surface area contributed by atoms with Crippen molar-refractivity contribution in [2.45, 2.75) is 30.4 Å². The Morgan fingerprint density at radius 3 is 2.44 bits per heavy atom. The van der Waals surface area contributed by atoms with Crippen LogP contribution in [0.1, 0.15) is 20.8 Å². The van der Waals surface area contributed by atoms with Gasteiger partial charge in [0.15, 0.2) is 9.84 Å². The minimum atomic E-state index is -3.08. The molecule has 1 aromatic rings. The van der Waals surface area contributed by atoms with Crippen molar-refractivity contribution in [1.29, 1.82) is 0 Å². The Morgan fingerprint density at radius 2 is 1.94 bits per heavy atom. The Labute approximate surface area is 118 Å². The molecule has 18 heavy (non-hydrogen) atoms. The molecule has 1 rings (SSSR count). The summed E-state index contributed by atoms with van der Waals surface area (Å²) in [5.41, 5.74) is 6.39. The molecule has 3 nitrogen and oxygen atoms in total. The lowest BCUT2D eigenvalue weighted by molar-refractivity contribution is 0.562. The highest BCUT2D eigenvalue weighted by atomic mass is 35.5. The van der Waals surface area contributed by atoms with Crippen LogP contribution in [-0.4, -0.2) is 24.7 Å². The van der Waals surface area contributed by atoms with E-state index in [-0.39, 0.29) is 5.75 Å². The molecule has 0 saturated heterocycles. The Kier molecular flexibility index (Phi) is 4.98. The second-order valence-electron chi connectivity index (χ2n) is 4.96. The van der Waals surface area contributed by atoms with Crippen molar-refractivity contribution < 1.29 is 8.42 Å². The van der Waals surface area contributed by atoms with Crippen LogP contribution >= 0.6 is 23.4 Å². The first-order chi connectivity index (χ1) is 8.13. The number of rotatable bonds is 4. The van der Waals surface area contributed by atoms with Crippen LogP contribution in [0.2, 0.25) is 5.02 Å². The van der Waals surface area contributed by atoms with E-state index >= 15 is 0 Å². The van der Waals surface area contributed by atoms with Gasteiger partial charge in [-0.2, -0.15) is 0 Å². The van der Waals surface area contributed by atoms with Gasteiger partial charge >= 0.3 is 0 Å². The lowest BCUT2D eigenvalue weighted by Crippen LogP contribution is -2.31. The van der Waals surface area contributed by atoms with Crippen LogP contribution in [0.4, 0.5) is 5.69 Å². The van der Waals surface area contributed by atoms with Gasteiger partial charge in [0.05, 0.1) is 10.5 Å². The molecule has 0 saturated carbocycles. The van der Waals surface area contributed by atoms with Crippen molar-refractivity contribution in [3.63, 3.8) is 0 Å². The van der Waals surface area contributed by atoms with E-state index < -0.39 is 14.6 Å². The predicted molar refractivity (Wildman–Crippen MR) is 80.1 cm³/mol. The third-order valence-corrected chi connectivity index (χ3v) is 6.71. The van der Waals surface area contributed by atoms with Crippen LogP contribution in [0.15, 0.2) is 23.1 Å². The number of sulfone groups is 1. The fourth-order valence-electron chi connectivity index (χ4n) is 1.22. The summed E-state index contributed by atoms with van der Waals surface area (Å²) < 4.78 is 23.1. The van der Waals surface area contributed by atoms with E-state index in [1.54, 1.807) is 32.9 Å². The minimum absolute atomic E-state index is 0.142. The van der Waals surface area contributed by atoms with E-state index in [0.29, 0.717) is 16.5 Å². The Hall–Kier alpha value is -0.390. The summed E-state index contributed by atoms with van der Waals surface area (Å²) in [6.07, 6.45) is 0. The number of halogens is 1. The summed E-state index contributed by atoms with van der Waals surface area (Å²) in [7, 11) is -3.08. The highest BCUT2D eigenvalue weighted by Gasteiger charge is 2.28.